The molecule has 6 nitrogen and oxygen atoms in total. The molecular weight excluding hydrogens is 324 g/mol. The Morgan fingerprint density at radius 1 is 1.25 bits per heavy atom. The summed E-state index contributed by atoms with van der Waals surface area (Å²) in [5.74, 6) is 2.77. The summed E-state index contributed by atoms with van der Waals surface area (Å²) in [7, 11) is 0. The number of hydrogen-bond donors (Lipinski definition) is 0. The lowest BCUT2D eigenvalue weighted by Crippen LogP contribution is -2.06. The normalized spacial score (nSPS) is 11.4. The number of halogens is 1. The monoisotopic (exact) mass is 336 g/mol. The molecule has 0 fully saturated rings. The van der Waals surface area contributed by atoms with Crippen LogP contribution in [0.3, 0.4) is 0 Å². The quantitative estimate of drug-likeness (QED) is 0.729. The third kappa shape index (κ3) is 2.53. The zero-order chi connectivity index (χ0) is 14.1. The van der Waals surface area contributed by atoms with Crippen LogP contribution in [-0.4, -0.2) is 19.7 Å². The van der Waals surface area contributed by atoms with Gasteiger partial charge in [-0.3, -0.25) is 0 Å². The highest BCUT2D eigenvalue weighted by molar-refractivity contribution is 9.10. The minimum Gasteiger partial charge on any atom is -0.444 e. The van der Waals surface area contributed by atoms with Crippen LogP contribution in [0.2, 0.25) is 0 Å². The molecule has 104 valence electrons. The molecule has 0 spiro atoms. The van der Waals surface area contributed by atoms with Crippen LogP contribution in [0.15, 0.2) is 38.0 Å². The number of rotatable bonds is 4. The van der Waals surface area contributed by atoms with Crippen molar-refractivity contribution in [1.82, 2.24) is 19.7 Å². The smallest absolute Gasteiger partial charge is 0.283 e. The first-order valence-electron chi connectivity index (χ1n) is 6.22. The number of nitrogens with zero attached hydrogens (tertiary/aromatic N) is 4. The number of aromatic nitrogens is 4. The van der Waals surface area contributed by atoms with Crippen LogP contribution in [0.1, 0.15) is 31.5 Å². The SMILES string of the molecule is CC(C)c1nccn1Cc1nnc(-c2ccc(Br)o2)o1. The van der Waals surface area contributed by atoms with Gasteiger partial charge in [0.25, 0.3) is 5.89 Å². The van der Waals surface area contributed by atoms with Crippen LogP contribution in [0, 0.1) is 0 Å². The van der Waals surface area contributed by atoms with E-state index in [-0.39, 0.29) is 0 Å². The summed E-state index contributed by atoms with van der Waals surface area (Å²) < 4.78 is 13.6. The fourth-order valence-electron chi connectivity index (χ4n) is 1.95. The molecule has 3 heterocycles. The summed E-state index contributed by atoms with van der Waals surface area (Å²) in [6.07, 6.45) is 3.68. The molecule has 0 aromatic carbocycles. The van der Waals surface area contributed by atoms with Gasteiger partial charge >= 0.3 is 0 Å². The van der Waals surface area contributed by atoms with Crippen molar-refractivity contribution in [3.8, 4) is 11.7 Å². The van der Waals surface area contributed by atoms with E-state index in [9.17, 15) is 0 Å². The summed E-state index contributed by atoms with van der Waals surface area (Å²) in [5.41, 5.74) is 0. The summed E-state index contributed by atoms with van der Waals surface area (Å²) in [4.78, 5) is 4.33. The summed E-state index contributed by atoms with van der Waals surface area (Å²) in [5, 5.41) is 8.03. The molecule has 20 heavy (non-hydrogen) atoms. The van der Waals surface area contributed by atoms with Crippen molar-refractivity contribution in [1.29, 1.82) is 0 Å². The maximum Gasteiger partial charge on any atom is 0.283 e. The second kappa shape index (κ2) is 5.24. The summed E-state index contributed by atoms with van der Waals surface area (Å²) in [6, 6.07) is 3.56. The molecule has 0 saturated heterocycles. The molecule has 0 bridgehead atoms. The maximum atomic E-state index is 5.61. The Morgan fingerprint density at radius 2 is 2.10 bits per heavy atom. The lowest BCUT2D eigenvalue weighted by atomic mass is 10.2. The molecule has 0 aliphatic heterocycles. The van der Waals surface area contributed by atoms with Crippen molar-refractivity contribution < 1.29 is 8.83 Å². The Balaban J connectivity index is 1.82. The molecule has 0 amide bonds. The molecule has 3 rings (SSSR count). The van der Waals surface area contributed by atoms with Crippen LogP contribution in [0.5, 0.6) is 0 Å². The molecule has 0 radical (unpaired) electrons. The predicted molar refractivity (Wildman–Crippen MR) is 75.1 cm³/mol. The Kier molecular flexibility index (Phi) is 3.43. The fraction of sp³-hybridized carbons (Fsp3) is 0.308. The van der Waals surface area contributed by atoms with Gasteiger partial charge in [0.1, 0.15) is 12.4 Å². The van der Waals surface area contributed by atoms with E-state index < -0.39 is 0 Å². The van der Waals surface area contributed by atoms with Gasteiger partial charge in [0.05, 0.1) is 0 Å². The molecular formula is C13H13BrN4O2. The van der Waals surface area contributed by atoms with Crippen LogP contribution in [0.4, 0.5) is 0 Å². The standard InChI is InChI=1S/C13H13BrN4O2/c1-8(2)12-15-5-6-18(12)7-11-16-17-13(20-11)9-3-4-10(14)19-9/h3-6,8H,7H2,1-2H3. The highest BCUT2D eigenvalue weighted by Gasteiger charge is 2.14. The van der Waals surface area contributed by atoms with Gasteiger partial charge in [-0.2, -0.15) is 0 Å². The number of hydrogen-bond acceptors (Lipinski definition) is 5. The average molecular weight is 337 g/mol. The first-order chi connectivity index (χ1) is 9.63. The minimum atomic E-state index is 0.341. The van der Waals surface area contributed by atoms with Crippen molar-refractivity contribution in [2.24, 2.45) is 0 Å². The topological polar surface area (TPSA) is 69.9 Å². The maximum absolute atomic E-state index is 5.61. The molecule has 7 heteroatoms. The van der Waals surface area contributed by atoms with Crippen molar-refractivity contribution in [2.75, 3.05) is 0 Å². The van der Waals surface area contributed by atoms with Crippen molar-refractivity contribution in [3.63, 3.8) is 0 Å². The van der Waals surface area contributed by atoms with Crippen LogP contribution < -0.4 is 0 Å². The fourth-order valence-corrected chi connectivity index (χ4v) is 2.25. The van der Waals surface area contributed by atoms with Crippen molar-refractivity contribution in [2.45, 2.75) is 26.3 Å². The molecule has 0 aliphatic carbocycles. The van der Waals surface area contributed by atoms with E-state index in [1.54, 1.807) is 18.3 Å². The lowest BCUT2D eigenvalue weighted by molar-refractivity contribution is 0.459. The first kappa shape index (κ1) is 13.1. The Hall–Kier alpha value is -1.89. The third-order valence-corrected chi connectivity index (χ3v) is 3.25. The largest absolute Gasteiger partial charge is 0.444 e. The second-order valence-electron chi connectivity index (χ2n) is 4.67. The molecule has 0 atom stereocenters. The summed E-state index contributed by atoms with van der Waals surface area (Å²) in [6.45, 7) is 4.69. The zero-order valence-electron chi connectivity index (χ0n) is 11.1. The average Bonchev–Trinajstić information content (AvgIpc) is 3.09. The van der Waals surface area contributed by atoms with Gasteiger partial charge in [-0.1, -0.05) is 13.8 Å². The van der Waals surface area contributed by atoms with Crippen LogP contribution in [-0.2, 0) is 6.54 Å². The molecule has 0 aliphatic rings. The molecule has 0 saturated carbocycles. The van der Waals surface area contributed by atoms with Gasteiger partial charge in [0, 0.05) is 18.3 Å². The first-order valence-corrected chi connectivity index (χ1v) is 7.02. The molecule has 3 aromatic heterocycles. The minimum absolute atomic E-state index is 0.341. The van der Waals surface area contributed by atoms with E-state index in [4.69, 9.17) is 8.83 Å². The van der Waals surface area contributed by atoms with Crippen LogP contribution >= 0.6 is 15.9 Å². The second-order valence-corrected chi connectivity index (χ2v) is 5.45. The Bertz CT molecular complexity index is 713. The molecule has 0 unspecified atom stereocenters. The molecule has 0 N–H and O–H groups in total. The number of furan rings is 1. The van der Waals surface area contributed by atoms with E-state index in [2.05, 4.69) is 45.0 Å². The lowest BCUT2D eigenvalue weighted by Gasteiger charge is -2.07. The third-order valence-electron chi connectivity index (χ3n) is 2.82. The highest BCUT2D eigenvalue weighted by Crippen LogP contribution is 2.24. The van der Waals surface area contributed by atoms with E-state index in [1.807, 2.05) is 10.8 Å². The van der Waals surface area contributed by atoms with E-state index in [0.717, 1.165) is 5.82 Å². The van der Waals surface area contributed by atoms with Crippen molar-refractivity contribution in [3.05, 3.63) is 40.9 Å². The van der Waals surface area contributed by atoms with Gasteiger partial charge in [-0.25, -0.2) is 4.98 Å². The van der Waals surface area contributed by atoms with E-state index in [1.165, 1.54) is 0 Å². The van der Waals surface area contributed by atoms with Crippen LogP contribution in [0.25, 0.3) is 11.7 Å². The number of imidazole rings is 1. The van der Waals surface area contributed by atoms with E-state index in [0.29, 0.717) is 34.7 Å². The Morgan fingerprint density at radius 3 is 2.80 bits per heavy atom. The predicted octanol–water partition coefficient (Wildman–Crippen LogP) is 3.46. The Labute approximate surface area is 124 Å². The highest BCUT2D eigenvalue weighted by atomic mass is 79.9. The van der Waals surface area contributed by atoms with Gasteiger partial charge in [-0.05, 0) is 28.1 Å². The molecule has 3 aromatic rings. The van der Waals surface area contributed by atoms with Gasteiger partial charge < -0.3 is 13.4 Å². The van der Waals surface area contributed by atoms with E-state index >= 15 is 0 Å². The zero-order valence-corrected chi connectivity index (χ0v) is 12.7. The van der Waals surface area contributed by atoms with Gasteiger partial charge in [-0.15, -0.1) is 10.2 Å². The van der Waals surface area contributed by atoms with Gasteiger partial charge in [0.15, 0.2) is 10.4 Å². The van der Waals surface area contributed by atoms with Gasteiger partial charge in [0.2, 0.25) is 5.89 Å². The van der Waals surface area contributed by atoms with Crippen molar-refractivity contribution >= 4 is 15.9 Å². The summed E-state index contributed by atoms with van der Waals surface area (Å²) >= 11 is 3.24.